The van der Waals surface area contributed by atoms with Gasteiger partial charge in [0.05, 0.1) is 6.10 Å². The van der Waals surface area contributed by atoms with Crippen LogP contribution in [-0.4, -0.2) is 17.8 Å². The van der Waals surface area contributed by atoms with Crippen LogP contribution in [0.3, 0.4) is 0 Å². The van der Waals surface area contributed by atoms with Crippen molar-refractivity contribution in [3.05, 3.63) is 34.4 Å². The van der Waals surface area contributed by atoms with E-state index >= 15 is 0 Å². The van der Waals surface area contributed by atoms with Crippen molar-refractivity contribution >= 4 is 0 Å². The first-order chi connectivity index (χ1) is 8.04. The van der Waals surface area contributed by atoms with Crippen molar-refractivity contribution < 1.29 is 5.11 Å². The molecular formula is C15H25NO. The Morgan fingerprint density at radius 2 is 1.76 bits per heavy atom. The topological polar surface area (TPSA) is 32.3 Å². The highest BCUT2D eigenvalue weighted by atomic mass is 16.3. The first-order valence-corrected chi connectivity index (χ1v) is 6.50. The Kier molecular flexibility index (Phi) is 5.66. The highest BCUT2D eigenvalue weighted by Crippen LogP contribution is 2.15. The fourth-order valence-corrected chi connectivity index (χ4v) is 2.29. The summed E-state index contributed by atoms with van der Waals surface area (Å²) in [5.41, 5.74) is 5.34. The number of aliphatic hydroxyl groups is 1. The van der Waals surface area contributed by atoms with Gasteiger partial charge < -0.3 is 10.4 Å². The van der Waals surface area contributed by atoms with E-state index in [2.05, 4.69) is 45.1 Å². The van der Waals surface area contributed by atoms with Crippen LogP contribution in [0.5, 0.6) is 0 Å². The highest BCUT2D eigenvalue weighted by Gasteiger charge is 2.05. The number of hydrogen-bond donors (Lipinski definition) is 2. The van der Waals surface area contributed by atoms with Crippen LogP contribution in [0.15, 0.2) is 12.1 Å². The molecular weight excluding hydrogens is 210 g/mol. The van der Waals surface area contributed by atoms with E-state index in [1.54, 1.807) is 0 Å². The van der Waals surface area contributed by atoms with E-state index in [9.17, 15) is 5.11 Å². The number of nitrogens with one attached hydrogen (secondary N) is 1. The van der Waals surface area contributed by atoms with E-state index in [0.717, 1.165) is 19.4 Å². The van der Waals surface area contributed by atoms with Crippen molar-refractivity contribution in [2.45, 2.75) is 53.2 Å². The Labute approximate surface area is 105 Å². The minimum Gasteiger partial charge on any atom is -0.392 e. The Hall–Kier alpha value is -0.860. The van der Waals surface area contributed by atoms with Crippen molar-refractivity contribution in [1.82, 2.24) is 5.32 Å². The van der Waals surface area contributed by atoms with Gasteiger partial charge >= 0.3 is 0 Å². The summed E-state index contributed by atoms with van der Waals surface area (Å²) in [6, 6.07) is 4.43. The monoisotopic (exact) mass is 235 g/mol. The highest BCUT2D eigenvalue weighted by molar-refractivity contribution is 5.37. The lowest BCUT2D eigenvalue weighted by molar-refractivity contribution is 0.160. The number of aliphatic hydroxyl groups excluding tert-OH is 1. The molecule has 0 heterocycles. The SMILES string of the molecule is CCCC(O)CNCc1c(C)cc(C)cc1C. The van der Waals surface area contributed by atoms with E-state index in [1.165, 1.54) is 22.3 Å². The van der Waals surface area contributed by atoms with Gasteiger partial charge in [-0.05, 0) is 43.9 Å². The van der Waals surface area contributed by atoms with Crippen LogP contribution in [-0.2, 0) is 6.54 Å². The largest absolute Gasteiger partial charge is 0.392 e. The third kappa shape index (κ3) is 4.49. The zero-order valence-electron chi connectivity index (χ0n) is 11.5. The quantitative estimate of drug-likeness (QED) is 0.794. The molecule has 2 heteroatoms. The van der Waals surface area contributed by atoms with Crippen LogP contribution in [0.1, 0.15) is 42.0 Å². The molecule has 96 valence electrons. The molecule has 2 nitrogen and oxygen atoms in total. The summed E-state index contributed by atoms with van der Waals surface area (Å²) in [6.07, 6.45) is 1.69. The van der Waals surface area contributed by atoms with Gasteiger partial charge in [-0.25, -0.2) is 0 Å². The summed E-state index contributed by atoms with van der Waals surface area (Å²) >= 11 is 0. The van der Waals surface area contributed by atoms with E-state index in [1.807, 2.05) is 0 Å². The Balaban J connectivity index is 2.52. The molecule has 17 heavy (non-hydrogen) atoms. The predicted octanol–water partition coefficient (Wildman–Crippen LogP) is 2.86. The molecule has 1 atom stereocenters. The average molecular weight is 235 g/mol. The molecule has 0 aliphatic heterocycles. The number of aryl methyl sites for hydroxylation is 3. The first kappa shape index (κ1) is 14.2. The van der Waals surface area contributed by atoms with Gasteiger partial charge in [0.15, 0.2) is 0 Å². The maximum atomic E-state index is 9.65. The van der Waals surface area contributed by atoms with Crippen molar-refractivity contribution in [2.75, 3.05) is 6.54 Å². The second kappa shape index (κ2) is 6.77. The number of hydrogen-bond acceptors (Lipinski definition) is 2. The molecule has 0 bridgehead atoms. The fourth-order valence-electron chi connectivity index (χ4n) is 2.29. The zero-order chi connectivity index (χ0) is 12.8. The van der Waals surface area contributed by atoms with E-state index in [-0.39, 0.29) is 6.10 Å². The molecule has 1 aromatic rings. The van der Waals surface area contributed by atoms with Crippen LogP contribution in [0.25, 0.3) is 0 Å². The molecule has 0 aromatic heterocycles. The minimum absolute atomic E-state index is 0.217. The third-order valence-electron chi connectivity index (χ3n) is 3.14. The van der Waals surface area contributed by atoms with Gasteiger partial charge in [-0.2, -0.15) is 0 Å². The maximum Gasteiger partial charge on any atom is 0.0664 e. The first-order valence-electron chi connectivity index (χ1n) is 6.50. The van der Waals surface area contributed by atoms with Crippen LogP contribution in [0.4, 0.5) is 0 Å². The molecule has 0 fully saturated rings. The maximum absolute atomic E-state index is 9.65. The molecule has 1 aromatic carbocycles. The zero-order valence-corrected chi connectivity index (χ0v) is 11.5. The fraction of sp³-hybridized carbons (Fsp3) is 0.600. The molecule has 1 unspecified atom stereocenters. The van der Waals surface area contributed by atoms with Gasteiger partial charge in [-0.15, -0.1) is 0 Å². The predicted molar refractivity (Wildman–Crippen MR) is 73.3 cm³/mol. The Morgan fingerprint density at radius 3 is 2.29 bits per heavy atom. The van der Waals surface area contributed by atoms with Crippen LogP contribution >= 0.6 is 0 Å². The lowest BCUT2D eigenvalue weighted by Crippen LogP contribution is -2.26. The summed E-state index contributed by atoms with van der Waals surface area (Å²) < 4.78 is 0. The molecule has 1 rings (SSSR count). The Bertz CT molecular complexity index is 337. The van der Waals surface area contributed by atoms with Crippen molar-refractivity contribution in [2.24, 2.45) is 0 Å². The van der Waals surface area contributed by atoms with E-state index in [0.29, 0.717) is 6.54 Å². The lowest BCUT2D eigenvalue weighted by Gasteiger charge is -2.14. The van der Waals surface area contributed by atoms with Crippen LogP contribution in [0.2, 0.25) is 0 Å². The van der Waals surface area contributed by atoms with Gasteiger partial charge in [0.1, 0.15) is 0 Å². The summed E-state index contributed by atoms with van der Waals surface area (Å²) in [5.74, 6) is 0. The van der Waals surface area contributed by atoms with E-state index < -0.39 is 0 Å². The van der Waals surface area contributed by atoms with Gasteiger partial charge in [0.25, 0.3) is 0 Å². The smallest absolute Gasteiger partial charge is 0.0664 e. The molecule has 0 saturated carbocycles. The molecule has 0 amide bonds. The molecule has 0 aliphatic rings. The number of rotatable bonds is 6. The normalized spacial score (nSPS) is 12.8. The molecule has 2 N–H and O–H groups in total. The molecule has 0 radical (unpaired) electrons. The number of benzene rings is 1. The van der Waals surface area contributed by atoms with Crippen molar-refractivity contribution in [1.29, 1.82) is 0 Å². The van der Waals surface area contributed by atoms with Gasteiger partial charge in [0, 0.05) is 13.1 Å². The Morgan fingerprint density at radius 1 is 1.18 bits per heavy atom. The second-order valence-corrected chi connectivity index (χ2v) is 4.95. The minimum atomic E-state index is -0.217. The third-order valence-corrected chi connectivity index (χ3v) is 3.14. The standard InChI is InChI=1S/C15H25NO/c1-5-6-14(17)9-16-10-15-12(3)7-11(2)8-13(15)4/h7-8,14,16-17H,5-6,9-10H2,1-4H3. The lowest BCUT2D eigenvalue weighted by atomic mass is 10.00. The molecule has 0 spiro atoms. The average Bonchev–Trinajstić information content (AvgIpc) is 2.22. The van der Waals surface area contributed by atoms with Crippen LogP contribution < -0.4 is 5.32 Å². The summed E-state index contributed by atoms with van der Waals surface area (Å²) in [5, 5.41) is 13.0. The van der Waals surface area contributed by atoms with Crippen molar-refractivity contribution in [3.8, 4) is 0 Å². The van der Waals surface area contributed by atoms with Crippen LogP contribution in [0, 0.1) is 20.8 Å². The van der Waals surface area contributed by atoms with Gasteiger partial charge in [-0.3, -0.25) is 0 Å². The van der Waals surface area contributed by atoms with E-state index in [4.69, 9.17) is 0 Å². The summed E-state index contributed by atoms with van der Waals surface area (Å²) in [4.78, 5) is 0. The molecule has 0 aliphatic carbocycles. The molecule has 0 saturated heterocycles. The summed E-state index contributed by atoms with van der Waals surface area (Å²) in [7, 11) is 0. The summed E-state index contributed by atoms with van der Waals surface area (Å²) in [6.45, 7) is 10.1. The van der Waals surface area contributed by atoms with Crippen molar-refractivity contribution in [3.63, 3.8) is 0 Å². The van der Waals surface area contributed by atoms with Gasteiger partial charge in [0.2, 0.25) is 0 Å². The van der Waals surface area contributed by atoms with Gasteiger partial charge in [-0.1, -0.05) is 31.0 Å². The second-order valence-electron chi connectivity index (χ2n) is 4.95.